The van der Waals surface area contributed by atoms with Crippen molar-refractivity contribution in [2.75, 3.05) is 7.11 Å². The van der Waals surface area contributed by atoms with E-state index in [0.717, 1.165) is 22.4 Å². The van der Waals surface area contributed by atoms with Crippen LogP contribution >= 0.6 is 0 Å². The second kappa shape index (κ2) is 7.58. The van der Waals surface area contributed by atoms with Gasteiger partial charge in [-0.15, -0.1) is 0 Å². The lowest BCUT2D eigenvalue weighted by Gasteiger charge is -2.17. The first-order chi connectivity index (χ1) is 13.3. The fraction of sp³-hybridized carbons (Fsp3) is 0.167. The molecule has 0 heterocycles. The van der Waals surface area contributed by atoms with Crippen LogP contribution in [0.4, 0.5) is 0 Å². The third-order valence-electron chi connectivity index (χ3n) is 5.06. The highest BCUT2D eigenvalue weighted by Crippen LogP contribution is 2.40. The first kappa shape index (κ1) is 17.2. The van der Waals surface area contributed by atoms with Gasteiger partial charge in [-0.1, -0.05) is 84.9 Å². The Bertz CT molecular complexity index is 922. The zero-order valence-corrected chi connectivity index (χ0v) is 15.2. The van der Waals surface area contributed by atoms with Gasteiger partial charge in [-0.3, -0.25) is 9.79 Å². The normalized spacial score (nSPS) is 17.8. The molecule has 27 heavy (non-hydrogen) atoms. The smallest absolute Gasteiger partial charge is 0.311 e. The number of methoxy groups -OCH3 is 1. The molecule has 0 spiro atoms. The minimum Gasteiger partial charge on any atom is -0.469 e. The van der Waals surface area contributed by atoms with Crippen molar-refractivity contribution >= 4 is 11.7 Å². The van der Waals surface area contributed by atoms with E-state index in [1.165, 1.54) is 12.7 Å². The fourth-order valence-electron chi connectivity index (χ4n) is 3.74. The topological polar surface area (TPSA) is 38.7 Å². The number of ether oxygens (including phenoxy) is 1. The minimum absolute atomic E-state index is 0.208. The molecule has 0 N–H and O–H groups in total. The fourth-order valence-corrected chi connectivity index (χ4v) is 3.74. The minimum atomic E-state index is -0.296. The SMILES string of the molecule is COC(=O)C1Cc2ccccc2C1N=C(c1ccccc1)c1ccccc1. The Morgan fingerprint density at radius 1 is 0.852 bits per heavy atom. The molecule has 0 aliphatic heterocycles. The van der Waals surface area contributed by atoms with Gasteiger partial charge >= 0.3 is 5.97 Å². The second-order valence-electron chi connectivity index (χ2n) is 6.69. The molecule has 0 saturated heterocycles. The van der Waals surface area contributed by atoms with Crippen molar-refractivity contribution in [1.82, 2.24) is 0 Å². The Morgan fingerprint density at radius 3 is 2.00 bits per heavy atom. The number of hydrogen-bond donors (Lipinski definition) is 0. The van der Waals surface area contributed by atoms with Gasteiger partial charge in [0.15, 0.2) is 0 Å². The number of carbonyl (C=O) groups is 1. The number of benzene rings is 3. The highest BCUT2D eigenvalue weighted by molar-refractivity contribution is 6.13. The lowest BCUT2D eigenvalue weighted by atomic mass is 9.98. The van der Waals surface area contributed by atoms with E-state index in [9.17, 15) is 4.79 Å². The average molecular weight is 355 g/mol. The molecule has 3 nitrogen and oxygen atoms in total. The van der Waals surface area contributed by atoms with E-state index in [-0.39, 0.29) is 17.9 Å². The Kier molecular flexibility index (Phi) is 4.84. The summed E-state index contributed by atoms with van der Waals surface area (Å²) in [7, 11) is 1.45. The summed E-state index contributed by atoms with van der Waals surface area (Å²) in [6, 6.07) is 28.2. The summed E-state index contributed by atoms with van der Waals surface area (Å²) in [5.74, 6) is -0.504. The van der Waals surface area contributed by atoms with Gasteiger partial charge in [0.05, 0.1) is 24.8 Å². The van der Waals surface area contributed by atoms with Crippen LogP contribution in [0.15, 0.2) is 89.9 Å². The summed E-state index contributed by atoms with van der Waals surface area (Å²) in [6.45, 7) is 0. The zero-order chi connectivity index (χ0) is 18.6. The van der Waals surface area contributed by atoms with Gasteiger partial charge in [-0.25, -0.2) is 0 Å². The molecule has 3 aromatic rings. The van der Waals surface area contributed by atoms with E-state index in [4.69, 9.17) is 9.73 Å². The molecule has 3 aromatic carbocycles. The van der Waals surface area contributed by atoms with E-state index in [1.54, 1.807) is 0 Å². The van der Waals surface area contributed by atoms with Gasteiger partial charge in [0.1, 0.15) is 0 Å². The van der Waals surface area contributed by atoms with Crippen molar-refractivity contribution < 1.29 is 9.53 Å². The van der Waals surface area contributed by atoms with Crippen LogP contribution in [-0.2, 0) is 16.0 Å². The number of fused-ring (bicyclic) bond motifs is 1. The van der Waals surface area contributed by atoms with E-state index < -0.39 is 0 Å². The van der Waals surface area contributed by atoms with E-state index in [0.29, 0.717) is 6.42 Å². The summed E-state index contributed by atoms with van der Waals surface area (Å²) >= 11 is 0. The Labute approximate surface area is 159 Å². The molecule has 134 valence electrons. The third-order valence-corrected chi connectivity index (χ3v) is 5.06. The van der Waals surface area contributed by atoms with Crippen LogP contribution in [0.2, 0.25) is 0 Å². The zero-order valence-electron chi connectivity index (χ0n) is 15.2. The number of hydrogen-bond acceptors (Lipinski definition) is 3. The Morgan fingerprint density at radius 2 is 1.41 bits per heavy atom. The monoisotopic (exact) mass is 355 g/mol. The van der Waals surface area contributed by atoms with Crippen LogP contribution in [0, 0.1) is 5.92 Å². The van der Waals surface area contributed by atoms with Crippen LogP contribution in [0.25, 0.3) is 0 Å². The van der Waals surface area contributed by atoms with Gasteiger partial charge < -0.3 is 4.74 Å². The third kappa shape index (κ3) is 3.41. The summed E-state index contributed by atoms with van der Waals surface area (Å²) < 4.78 is 5.08. The predicted octanol–water partition coefficient (Wildman–Crippen LogP) is 4.61. The quantitative estimate of drug-likeness (QED) is 0.506. The summed E-state index contributed by atoms with van der Waals surface area (Å²) in [5.41, 5.74) is 5.25. The summed E-state index contributed by atoms with van der Waals surface area (Å²) in [5, 5.41) is 0. The van der Waals surface area contributed by atoms with Crippen molar-refractivity contribution in [2.24, 2.45) is 10.9 Å². The largest absolute Gasteiger partial charge is 0.469 e. The molecule has 1 aliphatic rings. The molecule has 0 fully saturated rings. The molecule has 0 aromatic heterocycles. The molecule has 0 amide bonds. The molecule has 2 atom stereocenters. The van der Waals surface area contributed by atoms with Crippen molar-refractivity contribution in [3.05, 3.63) is 107 Å². The van der Waals surface area contributed by atoms with Gasteiger partial charge in [-0.05, 0) is 17.5 Å². The second-order valence-corrected chi connectivity index (χ2v) is 6.69. The standard InChI is InChI=1S/C24H21NO2/c1-27-24(26)21-16-19-14-8-9-15-20(19)23(21)25-22(17-10-4-2-5-11-17)18-12-6-3-7-13-18/h2-15,21,23H,16H2,1H3. The Hall–Kier alpha value is -3.20. The maximum absolute atomic E-state index is 12.5. The van der Waals surface area contributed by atoms with Crippen LogP contribution in [0.1, 0.15) is 28.3 Å². The molecule has 0 saturated carbocycles. The van der Waals surface area contributed by atoms with Crippen LogP contribution < -0.4 is 0 Å². The molecular weight excluding hydrogens is 334 g/mol. The maximum Gasteiger partial charge on any atom is 0.311 e. The molecule has 4 rings (SSSR count). The number of carbonyl (C=O) groups excluding carboxylic acids is 1. The lowest BCUT2D eigenvalue weighted by molar-refractivity contribution is -0.145. The predicted molar refractivity (Wildman–Crippen MR) is 107 cm³/mol. The van der Waals surface area contributed by atoms with E-state index >= 15 is 0 Å². The number of rotatable bonds is 4. The molecular formula is C24H21NO2. The van der Waals surface area contributed by atoms with Gasteiger partial charge in [-0.2, -0.15) is 0 Å². The van der Waals surface area contributed by atoms with E-state index in [2.05, 4.69) is 36.4 Å². The first-order valence-electron chi connectivity index (χ1n) is 9.12. The number of aliphatic imine (C=N–C) groups is 1. The van der Waals surface area contributed by atoms with E-state index in [1.807, 2.05) is 48.5 Å². The van der Waals surface area contributed by atoms with Gasteiger partial charge in [0.25, 0.3) is 0 Å². The van der Waals surface area contributed by atoms with Crippen molar-refractivity contribution in [3.8, 4) is 0 Å². The highest BCUT2D eigenvalue weighted by atomic mass is 16.5. The lowest BCUT2D eigenvalue weighted by Crippen LogP contribution is -2.21. The maximum atomic E-state index is 12.5. The number of nitrogens with zero attached hydrogens (tertiary/aromatic N) is 1. The molecule has 2 unspecified atom stereocenters. The summed E-state index contributed by atoms with van der Waals surface area (Å²) in [4.78, 5) is 17.6. The van der Waals surface area contributed by atoms with Crippen molar-refractivity contribution in [1.29, 1.82) is 0 Å². The first-order valence-corrected chi connectivity index (χ1v) is 9.12. The highest BCUT2D eigenvalue weighted by Gasteiger charge is 2.38. The molecule has 1 aliphatic carbocycles. The number of esters is 1. The van der Waals surface area contributed by atoms with Crippen LogP contribution in [0.5, 0.6) is 0 Å². The van der Waals surface area contributed by atoms with Crippen LogP contribution in [0.3, 0.4) is 0 Å². The summed E-state index contributed by atoms with van der Waals surface area (Å²) in [6.07, 6.45) is 0.661. The molecule has 0 radical (unpaired) electrons. The van der Waals surface area contributed by atoms with Gasteiger partial charge in [0, 0.05) is 11.1 Å². The molecule has 0 bridgehead atoms. The van der Waals surface area contributed by atoms with Crippen molar-refractivity contribution in [2.45, 2.75) is 12.5 Å². The Balaban J connectivity index is 1.86. The molecule has 3 heteroatoms. The van der Waals surface area contributed by atoms with Crippen LogP contribution in [-0.4, -0.2) is 18.8 Å². The van der Waals surface area contributed by atoms with Gasteiger partial charge in [0.2, 0.25) is 0 Å². The average Bonchev–Trinajstić information content (AvgIpc) is 3.11. The van der Waals surface area contributed by atoms with Crippen molar-refractivity contribution in [3.63, 3.8) is 0 Å².